The average molecular weight is 526 g/mol. The highest BCUT2D eigenvalue weighted by atomic mass is 32.2. The number of carboxylic acid groups (broad SMARTS) is 1. The van der Waals surface area contributed by atoms with Gasteiger partial charge in [-0.05, 0) is 62.6 Å². The molecule has 0 saturated carbocycles. The van der Waals surface area contributed by atoms with E-state index in [4.69, 9.17) is 4.42 Å². The number of aliphatic carboxylic acids is 1. The summed E-state index contributed by atoms with van der Waals surface area (Å²) in [5.41, 5.74) is -1.35. The van der Waals surface area contributed by atoms with Crippen molar-refractivity contribution in [2.24, 2.45) is 0 Å². The molecule has 0 aliphatic carbocycles. The fourth-order valence-corrected chi connectivity index (χ4v) is 6.37. The number of rotatable bonds is 8. The molecular formula is C26H27N3O7S. The topological polar surface area (TPSA) is 149 Å². The quantitative estimate of drug-likeness (QED) is 0.255. The molecule has 0 radical (unpaired) electrons. The third-order valence-corrected chi connectivity index (χ3v) is 8.40. The monoisotopic (exact) mass is 525 g/mol. The summed E-state index contributed by atoms with van der Waals surface area (Å²) in [7, 11) is 0. The Bertz CT molecular complexity index is 1420. The lowest BCUT2D eigenvalue weighted by Crippen LogP contribution is -2.40. The van der Waals surface area contributed by atoms with Crippen LogP contribution in [0.25, 0.3) is 0 Å². The minimum Gasteiger partial charge on any atom is -0.505 e. The molecule has 10 nitrogen and oxygen atoms in total. The highest BCUT2D eigenvalue weighted by Gasteiger charge is 2.36. The first-order chi connectivity index (χ1) is 17.8. The number of carbonyl (C=O) groups excluding carboxylic acids is 1. The maximum atomic E-state index is 13.1. The molecule has 3 atom stereocenters. The van der Waals surface area contributed by atoms with Crippen LogP contribution in [0.4, 0.5) is 17.1 Å². The van der Waals surface area contributed by atoms with Gasteiger partial charge in [-0.2, -0.15) is 11.8 Å². The maximum absolute atomic E-state index is 13.1. The van der Waals surface area contributed by atoms with Crippen LogP contribution >= 0.6 is 11.8 Å². The molecule has 2 aliphatic rings. The Morgan fingerprint density at radius 3 is 2.57 bits per heavy atom. The number of hydrogen-bond acceptors (Lipinski definition) is 9. The number of furan rings is 1. The van der Waals surface area contributed by atoms with Gasteiger partial charge < -0.3 is 30.2 Å². The van der Waals surface area contributed by atoms with Crippen molar-refractivity contribution in [1.82, 2.24) is 4.90 Å². The number of carboxylic acids is 1. The van der Waals surface area contributed by atoms with Crippen LogP contribution in [-0.2, 0) is 4.79 Å². The van der Waals surface area contributed by atoms with Crippen molar-refractivity contribution in [3.8, 4) is 5.75 Å². The lowest BCUT2D eigenvalue weighted by Gasteiger charge is -2.26. The Labute approximate surface area is 216 Å². The van der Waals surface area contributed by atoms with Gasteiger partial charge in [0.05, 0.1) is 17.3 Å². The van der Waals surface area contributed by atoms with E-state index in [0.29, 0.717) is 18.6 Å². The predicted molar refractivity (Wildman–Crippen MR) is 140 cm³/mol. The number of aryl methyl sites for hydroxylation is 1. The number of nitrogens with zero attached hydrogens (tertiary/aromatic N) is 1. The first-order valence-corrected chi connectivity index (χ1v) is 13.2. The number of carbonyl (C=O) groups is 2. The molecule has 11 heteroatoms. The fraction of sp³-hybridized carbons (Fsp3) is 0.385. The standard InChI is InChI=1S/C26H27N3O7S/c1-13-9-10-17(36-13)19(18-8-4-12-37-18)28-21-20(23(31)24(21)32)27-15-6-2-5-14(22(15)30)25(33)29-11-3-7-16(29)26(34)35/h2,5-6,9-10,16,18-19,27-28,30H,3-4,7-8,11-12H2,1H3,(H,34,35)/t16-,18+,19?/m1/s1. The minimum atomic E-state index is -1.10. The number of para-hydroxylation sites is 1. The summed E-state index contributed by atoms with van der Waals surface area (Å²) in [6.45, 7) is 2.11. The molecule has 0 spiro atoms. The summed E-state index contributed by atoms with van der Waals surface area (Å²) in [6, 6.07) is 6.82. The summed E-state index contributed by atoms with van der Waals surface area (Å²) in [5.74, 6) is 0.273. The number of aromatic hydroxyl groups is 1. The van der Waals surface area contributed by atoms with E-state index in [1.165, 1.54) is 23.1 Å². The van der Waals surface area contributed by atoms with Crippen LogP contribution in [0.3, 0.4) is 0 Å². The predicted octanol–water partition coefficient (Wildman–Crippen LogP) is 3.37. The van der Waals surface area contributed by atoms with Crippen molar-refractivity contribution in [2.45, 2.75) is 49.9 Å². The molecule has 1 aromatic heterocycles. The molecule has 194 valence electrons. The van der Waals surface area contributed by atoms with Crippen LogP contribution in [0, 0.1) is 6.92 Å². The second-order valence-electron chi connectivity index (χ2n) is 9.35. The third-order valence-electron chi connectivity index (χ3n) is 6.94. The van der Waals surface area contributed by atoms with E-state index in [9.17, 15) is 29.4 Å². The zero-order valence-electron chi connectivity index (χ0n) is 20.2. The van der Waals surface area contributed by atoms with E-state index in [2.05, 4.69) is 10.6 Å². The number of hydrogen-bond donors (Lipinski definition) is 4. The van der Waals surface area contributed by atoms with Crippen LogP contribution in [0.5, 0.6) is 5.75 Å². The maximum Gasteiger partial charge on any atom is 0.326 e. The van der Waals surface area contributed by atoms with Crippen LogP contribution in [0.2, 0.25) is 0 Å². The number of phenols is 1. The smallest absolute Gasteiger partial charge is 0.326 e. The van der Waals surface area contributed by atoms with Crippen LogP contribution in [0.15, 0.2) is 44.3 Å². The van der Waals surface area contributed by atoms with Crippen LogP contribution in [0.1, 0.15) is 53.6 Å². The van der Waals surface area contributed by atoms with Gasteiger partial charge in [0.2, 0.25) is 0 Å². The Kier molecular flexibility index (Phi) is 6.72. The van der Waals surface area contributed by atoms with Crippen LogP contribution < -0.4 is 21.5 Å². The largest absolute Gasteiger partial charge is 0.505 e. The summed E-state index contributed by atoms with van der Waals surface area (Å²) < 4.78 is 5.84. The van der Waals surface area contributed by atoms with Gasteiger partial charge in [-0.25, -0.2) is 4.79 Å². The number of anilines is 3. The minimum absolute atomic E-state index is 0.00856. The van der Waals surface area contributed by atoms with Gasteiger partial charge in [0.1, 0.15) is 28.9 Å². The molecule has 5 rings (SSSR count). The summed E-state index contributed by atoms with van der Waals surface area (Å²) in [4.78, 5) is 50.9. The lowest BCUT2D eigenvalue weighted by atomic mass is 10.0. The molecule has 2 aliphatic heterocycles. The molecule has 0 bridgehead atoms. The van der Waals surface area contributed by atoms with Crippen molar-refractivity contribution >= 4 is 40.7 Å². The van der Waals surface area contributed by atoms with Gasteiger partial charge in [-0.1, -0.05) is 6.07 Å². The van der Waals surface area contributed by atoms with Gasteiger partial charge >= 0.3 is 5.97 Å². The Balaban J connectivity index is 1.42. The summed E-state index contributed by atoms with van der Waals surface area (Å²) in [5, 5.41) is 26.5. The average Bonchev–Trinajstić information content (AvgIpc) is 3.66. The van der Waals surface area contributed by atoms with Gasteiger partial charge in [0, 0.05) is 11.8 Å². The molecular weight excluding hydrogens is 498 g/mol. The number of nitrogens with one attached hydrogen (secondary N) is 2. The molecule has 4 N–H and O–H groups in total. The molecule has 3 aromatic rings. The van der Waals surface area contributed by atoms with E-state index in [1.807, 2.05) is 19.1 Å². The van der Waals surface area contributed by atoms with Gasteiger partial charge in [-0.15, -0.1) is 0 Å². The number of benzene rings is 1. The second-order valence-corrected chi connectivity index (χ2v) is 10.7. The van der Waals surface area contributed by atoms with Gasteiger partial charge in [0.15, 0.2) is 5.75 Å². The Morgan fingerprint density at radius 2 is 1.89 bits per heavy atom. The molecule has 2 aromatic carbocycles. The van der Waals surface area contributed by atoms with Gasteiger partial charge in [0.25, 0.3) is 16.8 Å². The normalized spacial score (nSPS) is 20.3. The van der Waals surface area contributed by atoms with Crippen LogP contribution in [-0.4, -0.2) is 50.6 Å². The van der Waals surface area contributed by atoms with E-state index >= 15 is 0 Å². The lowest BCUT2D eigenvalue weighted by molar-refractivity contribution is -0.141. The number of thioether (sulfide) groups is 1. The molecule has 3 heterocycles. The zero-order valence-corrected chi connectivity index (χ0v) is 21.0. The first-order valence-electron chi connectivity index (χ1n) is 12.2. The first kappa shape index (κ1) is 24.9. The number of likely N-dealkylation sites (tertiary alicyclic amines) is 1. The third kappa shape index (κ3) is 4.59. The highest BCUT2D eigenvalue weighted by Crippen LogP contribution is 2.40. The summed E-state index contributed by atoms with van der Waals surface area (Å²) in [6.07, 6.45) is 2.86. The molecule has 1 amide bonds. The molecule has 2 saturated heterocycles. The SMILES string of the molecule is Cc1ccc(C(Nc2c(Nc3cccc(C(=O)N4CCC[C@@H]4C(=O)O)c3O)c(=O)c2=O)[C@@H]2CCCS2)o1. The van der Waals surface area contributed by atoms with Gasteiger partial charge in [-0.3, -0.25) is 14.4 Å². The van der Waals surface area contributed by atoms with Crippen molar-refractivity contribution in [3.63, 3.8) is 0 Å². The summed E-state index contributed by atoms with van der Waals surface area (Å²) >= 11 is 1.77. The van der Waals surface area contributed by atoms with Crippen molar-refractivity contribution in [3.05, 3.63) is 67.9 Å². The second kappa shape index (κ2) is 9.97. The Hall–Kier alpha value is -3.73. The highest BCUT2D eigenvalue weighted by molar-refractivity contribution is 8.00. The van der Waals surface area contributed by atoms with Crippen molar-refractivity contribution in [2.75, 3.05) is 22.9 Å². The fourth-order valence-electron chi connectivity index (χ4n) is 5.01. The molecule has 2 fully saturated rings. The van der Waals surface area contributed by atoms with E-state index in [0.717, 1.165) is 24.4 Å². The molecule has 1 unspecified atom stereocenters. The Morgan fingerprint density at radius 1 is 1.11 bits per heavy atom. The van der Waals surface area contributed by atoms with E-state index in [1.54, 1.807) is 11.8 Å². The van der Waals surface area contributed by atoms with Crippen molar-refractivity contribution in [1.29, 1.82) is 0 Å². The number of phenolic OH excluding ortho intramolecular Hbond substituents is 1. The van der Waals surface area contributed by atoms with E-state index in [-0.39, 0.29) is 40.5 Å². The number of amides is 1. The van der Waals surface area contributed by atoms with Crippen molar-refractivity contribution < 1.29 is 24.2 Å². The van der Waals surface area contributed by atoms with E-state index < -0.39 is 34.5 Å². The molecule has 37 heavy (non-hydrogen) atoms. The zero-order chi connectivity index (χ0) is 26.3.